The zero-order valence-corrected chi connectivity index (χ0v) is 16.5. The minimum absolute atomic E-state index is 0.239. The molecule has 1 saturated heterocycles. The van der Waals surface area contributed by atoms with Crippen LogP contribution in [0.4, 0.5) is 23.7 Å². The van der Waals surface area contributed by atoms with Gasteiger partial charge in [0.2, 0.25) is 0 Å². The second-order valence-corrected chi connectivity index (χ2v) is 7.82. The number of carbonyl (C=O) groups is 1. The number of likely N-dealkylation sites (tertiary alicyclic amines) is 1. The number of para-hydroxylation sites is 1. The molecule has 0 atom stereocenters. The predicted molar refractivity (Wildman–Crippen MR) is 107 cm³/mol. The number of rotatable bonds is 2. The Morgan fingerprint density at radius 3 is 2.43 bits per heavy atom. The molecule has 1 spiro atoms. The van der Waals surface area contributed by atoms with Crippen LogP contribution in [0.15, 0.2) is 53.7 Å². The van der Waals surface area contributed by atoms with Crippen molar-refractivity contribution in [3.8, 4) is 0 Å². The van der Waals surface area contributed by atoms with Gasteiger partial charge in [0.1, 0.15) is 5.60 Å². The molecule has 8 heteroatoms. The number of hydrogen-bond donors (Lipinski definition) is 1. The second kappa shape index (κ2) is 7.66. The first-order valence-electron chi connectivity index (χ1n) is 9.80. The number of nitrogens with zero attached hydrogens (tertiary/aromatic N) is 2. The van der Waals surface area contributed by atoms with Crippen LogP contribution in [0.5, 0.6) is 0 Å². The van der Waals surface area contributed by atoms with Crippen LogP contribution in [-0.4, -0.2) is 35.3 Å². The highest BCUT2D eigenvalue weighted by Gasteiger charge is 2.43. The Hall–Kier alpha value is -3.03. The molecule has 2 aliphatic heterocycles. The van der Waals surface area contributed by atoms with Crippen molar-refractivity contribution in [3.05, 3.63) is 65.2 Å². The summed E-state index contributed by atoms with van der Waals surface area (Å²) < 4.78 is 39.4. The predicted octanol–water partition coefficient (Wildman–Crippen LogP) is 5.20. The van der Waals surface area contributed by atoms with Crippen molar-refractivity contribution in [3.63, 3.8) is 0 Å². The van der Waals surface area contributed by atoms with Crippen LogP contribution in [0.3, 0.4) is 0 Å². The Morgan fingerprint density at radius 2 is 1.77 bits per heavy atom. The average molecular weight is 417 g/mol. The maximum Gasteiger partial charge on any atom is 0.418 e. The maximum atomic E-state index is 13.1. The molecule has 2 heterocycles. The van der Waals surface area contributed by atoms with Crippen LogP contribution in [0.1, 0.15) is 36.0 Å². The van der Waals surface area contributed by atoms with Gasteiger partial charge in [-0.2, -0.15) is 13.2 Å². The van der Waals surface area contributed by atoms with Gasteiger partial charge in [-0.3, -0.25) is 0 Å². The lowest BCUT2D eigenvalue weighted by Gasteiger charge is -2.37. The Kier molecular flexibility index (Phi) is 5.17. The molecule has 1 N–H and O–H groups in total. The Balaban J connectivity index is 1.36. The third kappa shape index (κ3) is 4.13. The molecule has 0 radical (unpaired) electrons. The van der Waals surface area contributed by atoms with Gasteiger partial charge < -0.3 is 15.1 Å². The van der Waals surface area contributed by atoms with E-state index in [1.165, 1.54) is 28.7 Å². The topological polar surface area (TPSA) is 53.9 Å². The van der Waals surface area contributed by atoms with E-state index in [0.717, 1.165) is 17.3 Å². The van der Waals surface area contributed by atoms with Gasteiger partial charge in [0.05, 0.1) is 17.0 Å². The molecule has 1 fully saturated rings. The van der Waals surface area contributed by atoms with Crippen LogP contribution in [0.25, 0.3) is 0 Å². The van der Waals surface area contributed by atoms with Crippen LogP contribution in [0.2, 0.25) is 0 Å². The van der Waals surface area contributed by atoms with E-state index in [1.54, 1.807) is 0 Å². The number of aryl methyl sites for hydroxylation is 1. The SMILES string of the molecule is Cc1ccc(C2=NOC3(CCN(C(=O)Nc4ccccc4C(F)(F)F)CC3)C2)cc1. The zero-order valence-electron chi connectivity index (χ0n) is 16.5. The highest BCUT2D eigenvalue weighted by atomic mass is 19.4. The van der Waals surface area contributed by atoms with E-state index in [2.05, 4.69) is 10.5 Å². The number of nitrogens with one attached hydrogen (secondary N) is 1. The number of piperidine rings is 1. The van der Waals surface area contributed by atoms with Crippen LogP contribution < -0.4 is 5.32 Å². The second-order valence-electron chi connectivity index (χ2n) is 7.82. The number of urea groups is 1. The van der Waals surface area contributed by atoms with Crippen LogP contribution >= 0.6 is 0 Å². The summed E-state index contributed by atoms with van der Waals surface area (Å²) in [5, 5.41) is 6.66. The number of hydrogen-bond acceptors (Lipinski definition) is 3. The highest BCUT2D eigenvalue weighted by Crippen LogP contribution is 2.37. The van der Waals surface area contributed by atoms with E-state index in [1.807, 2.05) is 31.2 Å². The summed E-state index contributed by atoms with van der Waals surface area (Å²) in [6.45, 7) is 2.79. The summed E-state index contributed by atoms with van der Waals surface area (Å²) in [7, 11) is 0. The first kappa shape index (κ1) is 20.3. The largest absolute Gasteiger partial charge is 0.418 e. The Bertz CT molecular complexity index is 962. The molecule has 30 heavy (non-hydrogen) atoms. The zero-order chi connectivity index (χ0) is 21.4. The molecule has 0 unspecified atom stereocenters. The fraction of sp³-hybridized carbons (Fsp3) is 0.364. The fourth-order valence-electron chi connectivity index (χ4n) is 3.84. The summed E-state index contributed by atoms with van der Waals surface area (Å²) in [6.07, 6.45) is -2.74. The standard InChI is InChI=1S/C22H22F3N3O2/c1-15-6-8-16(9-7-15)19-14-21(30-27-19)10-12-28(13-11-21)20(29)26-18-5-3-2-4-17(18)22(23,24)25/h2-9H,10-14H2,1H3,(H,26,29). The summed E-state index contributed by atoms with van der Waals surface area (Å²) in [5.74, 6) is 0. The van der Waals surface area contributed by atoms with Gasteiger partial charge in [-0.15, -0.1) is 0 Å². The number of halogens is 3. The number of anilines is 1. The molecule has 158 valence electrons. The van der Waals surface area contributed by atoms with Crippen molar-refractivity contribution >= 4 is 17.4 Å². The monoisotopic (exact) mass is 417 g/mol. The number of oxime groups is 1. The van der Waals surface area contributed by atoms with Gasteiger partial charge in [0, 0.05) is 32.4 Å². The van der Waals surface area contributed by atoms with Gasteiger partial charge in [0.25, 0.3) is 0 Å². The normalized spacial score (nSPS) is 18.1. The third-order valence-electron chi connectivity index (χ3n) is 5.66. The van der Waals surface area contributed by atoms with Gasteiger partial charge >= 0.3 is 12.2 Å². The van der Waals surface area contributed by atoms with Crippen molar-refractivity contribution in [2.24, 2.45) is 5.16 Å². The highest BCUT2D eigenvalue weighted by molar-refractivity contribution is 6.01. The van der Waals surface area contributed by atoms with Crippen molar-refractivity contribution in [1.82, 2.24) is 4.90 Å². The van der Waals surface area contributed by atoms with Crippen molar-refractivity contribution in [1.29, 1.82) is 0 Å². The molecule has 0 aliphatic carbocycles. The van der Waals surface area contributed by atoms with Gasteiger partial charge in [-0.25, -0.2) is 4.79 Å². The summed E-state index contributed by atoms with van der Waals surface area (Å²) in [5.41, 5.74) is 1.51. The van der Waals surface area contributed by atoms with Gasteiger partial charge in [0.15, 0.2) is 0 Å². The minimum Gasteiger partial charge on any atom is -0.388 e. The molecular formula is C22H22F3N3O2. The van der Waals surface area contributed by atoms with E-state index in [9.17, 15) is 18.0 Å². The molecule has 5 nitrogen and oxygen atoms in total. The summed E-state index contributed by atoms with van der Waals surface area (Å²) >= 11 is 0. The van der Waals surface area contributed by atoms with Crippen LogP contribution in [-0.2, 0) is 11.0 Å². The molecule has 2 aliphatic rings. The smallest absolute Gasteiger partial charge is 0.388 e. The number of carbonyl (C=O) groups excluding carboxylic acids is 1. The summed E-state index contributed by atoms with van der Waals surface area (Å²) in [4.78, 5) is 19.8. The quantitative estimate of drug-likeness (QED) is 0.730. The first-order chi connectivity index (χ1) is 14.3. The van der Waals surface area contributed by atoms with E-state index in [0.29, 0.717) is 32.4 Å². The van der Waals surface area contributed by atoms with E-state index >= 15 is 0 Å². The van der Waals surface area contributed by atoms with Crippen molar-refractivity contribution in [2.75, 3.05) is 18.4 Å². The molecule has 2 aromatic rings. The average Bonchev–Trinajstić information content (AvgIpc) is 3.12. The van der Waals surface area contributed by atoms with E-state index in [4.69, 9.17) is 4.84 Å². The lowest BCUT2D eigenvalue weighted by atomic mass is 9.85. The van der Waals surface area contributed by atoms with Gasteiger partial charge in [-0.1, -0.05) is 47.1 Å². The molecule has 2 aromatic carbocycles. The summed E-state index contributed by atoms with van der Waals surface area (Å²) in [6, 6.07) is 12.5. The van der Waals surface area contributed by atoms with Gasteiger partial charge in [-0.05, 0) is 24.6 Å². The van der Waals surface area contributed by atoms with E-state index < -0.39 is 23.4 Å². The van der Waals surface area contributed by atoms with Crippen molar-refractivity contribution in [2.45, 2.75) is 38.0 Å². The van der Waals surface area contributed by atoms with Crippen LogP contribution in [0, 0.1) is 6.92 Å². The molecule has 2 amide bonds. The minimum atomic E-state index is -4.53. The van der Waals surface area contributed by atoms with Crippen molar-refractivity contribution < 1.29 is 22.8 Å². The number of alkyl halides is 3. The molecule has 0 saturated carbocycles. The Labute approximate surface area is 172 Å². The van der Waals surface area contributed by atoms with E-state index in [-0.39, 0.29) is 5.69 Å². The number of amides is 2. The molecular weight excluding hydrogens is 395 g/mol. The maximum absolute atomic E-state index is 13.1. The Morgan fingerprint density at radius 1 is 1.10 bits per heavy atom. The lowest BCUT2D eigenvalue weighted by Crippen LogP contribution is -2.48. The third-order valence-corrected chi connectivity index (χ3v) is 5.66. The first-order valence-corrected chi connectivity index (χ1v) is 9.80. The molecule has 4 rings (SSSR count). The number of benzene rings is 2. The fourth-order valence-corrected chi connectivity index (χ4v) is 3.84. The lowest BCUT2D eigenvalue weighted by molar-refractivity contribution is -0.136. The molecule has 0 bridgehead atoms. The molecule has 0 aromatic heterocycles.